The van der Waals surface area contributed by atoms with Crippen LogP contribution in [0.1, 0.15) is 30.4 Å². The van der Waals surface area contributed by atoms with Crippen molar-refractivity contribution in [3.8, 4) is 0 Å². The van der Waals surface area contributed by atoms with Crippen LogP contribution in [0.15, 0.2) is 42.7 Å². The van der Waals surface area contributed by atoms with Crippen molar-refractivity contribution in [1.29, 1.82) is 0 Å². The lowest BCUT2D eigenvalue weighted by Gasteiger charge is -2.41. The van der Waals surface area contributed by atoms with E-state index in [4.69, 9.17) is 0 Å². The molecule has 0 aliphatic carbocycles. The van der Waals surface area contributed by atoms with Crippen molar-refractivity contribution in [3.63, 3.8) is 0 Å². The standard InChI is InChI=1S/C20H28N4/c1-2-7-19-16-23(15-9-18(19)6-1)20-8-3-11-22(17-20)12-5-14-24-13-4-10-21-24/h1-2,4,6-7,10,13,20H,3,5,8-9,11-12,14-17H2. The van der Waals surface area contributed by atoms with E-state index in [1.807, 2.05) is 16.9 Å². The zero-order valence-corrected chi connectivity index (χ0v) is 14.5. The lowest BCUT2D eigenvalue weighted by molar-refractivity contribution is 0.0862. The monoisotopic (exact) mass is 324 g/mol. The number of hydrogen-bond acceptors (Lipinski definition) is 3. The van der Waals surface area contributed by atoms with Crippen LogP contribution in [-0.4, -0.2) is 51.8 Å². The van der Waals surface area contributed by atoms with E-state index >= 15 is 0 Å². The summed E-state index contributed by atoms with van der Waals surface area (Å²) in [5, 5.41) is 4.30. The number of aryl methyl sites for hydroxylation is 1. The molecule has 4 heteroatoms. The third-order valence-electron chi connectivity index (χ3n) is 5.58. The number of nitrogens with zero attached hydrogens (tertiary/aromatic N) is 4. The molecule has 0 spiro atoms. The van der Waals surface area contributed by atoms with Crippen LogP contribution in [0.5, 0.6) is 0 Å². The van der Waals surface area contributed by atoms with E-state index < -0.39 is 0 Å². The van der Waals surface area contributed by atoms with Gasteiger partial charge in [0.1, 0.15) is 0 Å². The molecule has 0 amide bonds. The smallest absolute Gasteiger partial charge is 0.0489 e. The minimum atomic E-state index is 0.733. The lowest BCUT2D eigenvalue weighted by Crippen LogP contribution is -2.49. The van der Waals surface area contributed by atoms with Gasteiger partial charge in [0.25, 0.3) is 0 Å². The van der Waals surface area contributed by atoms with Gasteiger partial charge in [0.05, 0.1) is 0 Å². The molecule has 0 bridgehead atoms. The first-order chi connectivity index (χ1) is 11.9. The minimum absolute atomic E-state index is 0.733. The molecule has 1 unspecified atom stereocenters. The molecule has 2 aliphatic rings. The Morgan fingerprint density at radius 1 is 1.04 bits per heavy atom. The van der Waals surface area contributed by atoms with Crippen molar-refractivity contribution in [2.45, 2.75) is 44.8 Å². The molecule has 3 heterocycles. The molecule has 1 saturated heterocycles. The Balaban J connectivity index is 1.29. The minimum Gasteiger partial charge on any atom is -0.302 e. The predicted octanol–water partition coefficient (Wildman–Crippen LogP) is 2.80. The van der Waals surface area contributed by atoms with Crippen molar-refractivity contribution < 1.29 is 0 Å². The molecule has 1 aromatic carbocycles. The Hall–Kier alpha value is -1.65. The molecule has 1 atom stereocenters. The van der Waals surface area contributed by atoms with E-state index in [-0.39, 0.29) is 0 Å². The Morgan fingerprint density at radius 2 is 1.96 bits per heavy atom. The van der Waals surface area contributed by atoms with Crippen LogP contribution in [-0.2, 0) is 19.5 Å². The Kier molecular flexibility index (Phi) is 4.95. The van der Waals surface area contributed by atoms with Crippen LogP contribution in [0.25, 0.3) is 0 Å². The lowest BCUT2D eigenvalue weighted by atomic mass is 9.96. The summed E-state index contributed by atoms with van der Waals surface area (Å²) in [6.07, 6.45) is 9.03. The Labute approximate surface area is 145 Å². The fourth-order valence-corrected chi connectivity index (χ4v) is 4.25. The summed E-state index contributed by atoms with van der Waals surface area (Å²) in [7, 11) is 0. The summed E-state index contributed by atoms with van der Waals surface area (Å²) in [6.45, 7) is 7.10. The van der Waals surface area contributed by atoms with Crippen molar-refractivity contribution in [2.75, 3.05) is 26.2 Å². The van der Waals surface area contributed by atoms with Gasteiger partial charge in [-0.05, 0) is 56.0 Å². The predicted molar refractivity (Wildman–Crippen MR) is 96.9 cm³/mol. The summed E-state index contributed by atoms with van der Waals surface area (Å²) >= 11 is 0. The molecule has 0 N–H and O–H groups in total. The maximum Gasteiger partial charge on any atom is 0.0489 e. The highest BCUT2D eigenvalue weighted by atomic mass is 15.3. The quantitative estimate of drug-likeness (QED) is 0.845. The molecule has 2 aromatic rings. The molecule has 1 fully saturated rings. The maximum absolute atomic E-state index is 4.30. The van der Waals surface area contributed by atoms with Crippen molar-refractivity contribution in [2.24, 2.45) is 0 Å². The zero-order valence-electron chi connectivity index (χ0n) is 14.5. The average molecular weight is 324 g/mol. The Morgan fingerprint density at radius 3 is 2.83 bits per heavy atom. The van der Waals surface area contributed by atoms with Gasteiger partial charge in [0.15, 0.2) is 0 Å². The van der Waals surface area contributed by atoms with E-state index in [1.165, 1.54) is 51.9 Å². The van der Waals surface area contributed by atoms with Gasteiger partial charge in [-0.15, -0.1) is 0 Å². The molecule has 24 heavy (non-hydrogen) atoms. The van der Waals surface area contributed by atoms with Crippen LogP contribution in [0.2, 0.25) is 0 Å². The Bertz CT molecular complexity index is 637. The van der Waals surface area contributed by atoms with Gasteiger partial charge in [0.2, 0.25) is 0 Å². The second-order valence-electron chi connectivity index (χ2n) is 7.21. The van der Waals surface area contributed by atoms with E-state index in [0.29, 0.717) is 0 Å². The SMILES string of the molecule is c1ccc2c(c1)CCN(C1CCCN(CCCn3cccn3)C1)C2. The van der Waals surface area contributed by atoms with Crippen molar-refractivity contribution >= 4 is 0 Å². The van der Waals surface area contributed by atoms with E-state index in [1.54, 1.807) is 11.1 Å². The van der Waals surface area contributed by atoms with Gasteiger partial charge >= 0.3 is 0 Å². The molecule has 4 nitrogen and oxygen atoms in total. The molecular weight excluding hydrogens is 296 g/mol. The highest BCUT2D eigenvalue weighted by Gasteiger charge is 2.27. The molecule has 4 rings (SSSR count). The van der Waals surface area contributed by atoms with Crippen LogP contribution < -0.4 is 0 Å². The van der Waals surface area contributed by atoms with Gasteiger partial charge in [-0.25, -0.2) is 0 Å². The van der Waals surface area contributed by atoms with Gasteiger partial charge in [-0.2, -0.15) is 5.10 Å². The number of benzene rings is 1. The number of fused-ring (bicyclic) bond motifs is 1. The van der Waals surface area contributed by atoms with Gasteiger partial charge < -0.3 is 4.90 Å². The van der Waals surface area contributed by atoms with Gasteiger partial charge in [-0.1, -0.05) is 24.3 Å². The molecular formula is C20H28N4. The second-order valence-corrected chi connectivity index (χ2v) is 7.21. The normalized spacial score (nSPS) is 22.4. The van der Waals surface area contributed by atoms with E-state index in [0.717, 1.165) is 19.1 Å². The maximum atomic E-state index is 4.30. The zero-order chi connectivity index (χ0) is 16.2. The summed E-state index contributed by atoms with van der Waals surface area (Å²) in [5.41, 5.74) is 3.10. The van der Waals surface area contributed by atoms with Crippen LogP contribution in [0.3, 0.4) is 0 Å². The van der Waals surface area contributed by atoms with Crippen LogP contribution >= 0.6 is 0 Å². The van der Waals surface area contributed by atoms with Crippen molar-refractivity contribution in [3.05, 3.63) is 53.9 Å². The van der Waals surface area contributed by atoms with Crippen LogP contribution in [0.4, 0.5) is 0 Å². The van der Waals surface area contributed by atoms with E-state index in [2.05, 4.69) is 45.4 Å². The average Bonchev–Trinajstić information content (AvgIpc) is 3.15. The first kappa shape index (κ1) is 15.9. The number of likely N-dealkylation sites (tertiary alicyclic amines) is 1. The van der Waals surface area contributed by atoms with Gasteiger partial charge in [-0.3, -0.25) is 9.58 Å². The molecule has 0 radical (unpaired) electrons. The summed E-state index contributed by atoms with van der Waals surface area (Å²) in [4.78, 5) is 5.39. The first-order valence-corrected chi connectivity index (χ1v) is 9.39. The number of piperidine rings is 1. The number of aromatic nitrogens is 2. The second kappa shape index (κ2) is 7.49. The highest BCUT2D eigenvalue weighted by molar-refractivity contribution is 5.29. The van der Waals surface area contributed by atoms with E-state index in [9.17, 15) is 0 Å². The number of rotatable bonds is 5. The molecule has 0 saturated carbocycles. The van der Waals surface area contributed by atoms with Gasteiger partial charge in [0, 0.05) is 44.6 Å². The third kappa shape index (κ3) is 3.70. The largest absolute Gasteiger partial charge is 0.302 e. The summed E-state index contributed by atoms with van der Waals surface area (Å²) < 4.78 is 2.04. The fourth-order valence-electron chi connectivity index (χ4n) is 4.25. The molecule has 2 aliphatic heterocycles. The number of hydrogen-bond donors (Lipinski definition) is 0. The summed E-state index contributed by atoms with van der Waals surface area (Å²) in [6, 6.07) is 11.7. The summed E-state index contributed by atoms with van der Waals surface area (Å²) in [5.74, 6) is 0. The topological polar surface area (TPSA) is 24.3 Å². The van der Waals surface area contributed by atoms with Crippen molar-refractivity contribution in [1.82, 2.24) is 19.6 Å². The first-order valence-electron chi connectivity index (χ1n) is 9.39. The highest BCUT2D eigenvalue weighted by Crippen LogP contribution is 2.24. The fraction of sp³-hybridized carbons (Fsp3) is 0.550. The van der Waals surface area contributed by atoms with Crippen LogP contribution in [0, 0.1) is 0 Å². The molecule has 1 aromatic heterocycles. The molecule has 128 valence electrons. The third-order valence-corrected chi connectivity index (χ3v) is 5.58.